The molecule has 0 unspecified atom stereocenters. The minimum Gasteiger partial charge on any atom is -0.490 e. The molecule has 9 heteroatoms. The minimum atomic E-state index is -0.557. The number of amides is 2. The van der Waals surface area contributed by atoms with Crippen LogP contribution in [0.5, 0.6) is 11.5 Å². The lowest BCUT2D eigenvalue weighted by Crippen LogP contribution is -2.41. The molecule has 0 bridgehead atoms. The first-order valence-electron chi connectivity index (χ1n) is 11.7. The lowest BCUT2D eigenvalue weighted by atomic mass is 10.0. The van der Waals surface area contributed by atoms with Crippen molar-refractivity contribution in [3.8, 4) is 11.5 Å². The number of benzene rings is 1. The summed E-state index contributed by atoms with van der Waals surface area (Å²) in [5.41, 5.74) is 8.77. The molecule has 2 N–H and O–H groups in total. The summed E-state index contributed by atoms with van der Waals surface area (Å²) in [6.45, 7) is 7.66. The third-order valence-corrected chi connectivity index (χ3v) is 6.30. The Labute approximate surface area is 198 Å². The number of hydrogen-bond donors (Lipinski definition) is 1. The number of nitrogens with zero attached hydrogens (tertiary/aromatic N) is 4. The summed E-state index contributed by atoms with van der Waals surface area (Å²) < 4.78 is 13.4. The zero-order valence-corrected chi connectivity index (χ0v) is 19.9. The van der Waals surface area contributed by atoms with E-state index in [1.54, 1.807) is 4.52 Å². The number of nitrogens with two attached hydrogens (primary N) is 1. The molecule has 1 saturated heterocycles. The predicted octanol–water partition coefficient (Wildman–Crippen LogP) is 2.85. The van der Waals surface area contributed by atoms with Crippen LogP contribution in [0.25, 0.3) is 5.65 Å². The van der Waals surface area contributed by atoms with E-state index >= 15 is 0 Å². The molecule has 9 nitrogen and oxygen atoms in total. The molecular formula is C25H31N5O4. The summed E-state index contributed by atoms with van der Waals surface area (Å²) in [5.74, 6) is 1.06. The predicted molar refractivity (Wildman–Crippen MR) is 127 cm³/mol. The molecule has 0 saturated carbocycles. The van der Waals surface area contributed by atoms with E-state index in [9.17, 15) is 9.59 Å². The van der Waals surface area contributed by atoms with Crippen LogP contribution in [0.1, 0.15) is 53.5 Å². The molecule has 4 rings (SSSR count). The fraction of sp³-hybridized carbons (Fsp3) is 0.440. The van der Waals surface area contributed by atoms with E-state index in [1.165, 1.54) is 6.20 Å². The van der Waals surface area contributed by atoms with E-state index in [1.807, 2.05) is 49.9 Å². The second kappa shape index (κ2) is 10.1. The molecule has 1 aliphatic rings. The zero-order valence-electron chi connectivity index (χ0n) is 19.9. The molecule has 180 valence electrons. The topological polar surface area (TPSA) is 112 Å². The standard InChI is InChI=1S/C25H31N5O4/c1-4-33-21-7-5-6-8-22(21)34-18-11-13-29(14-12-18)23(31)10-9-19-16(2)28-25-20(24(26)32)15-27-30(25)17(19)3/h5-8,15,18H,4,9-14H2,1-3H3,(H2,26,32). The average Bonchev–Trinajstić information content (AvgIpc) is 3.25. The van der Waals surface area contributed by atoms with Gasteiger partial charge >= 0.3 is 0 Å². The van der Waals surface area contributed by atoms with Crippen LogP contribution in [0.4, 0.5) is 0 Å². The number of hydrogen-bond acceptors (Lipinski definition) is 6. The molecule has 0 spiro atoms. The van der Waals surface area contributed by atoms with Crippen molar-refractivity contribution < 1.29 is 19.1 Å². The number of rotatable bonds is 8. The van der Waals surface area contributed by atoms with Gasteiger partial charge in [-0.15, -0.1) is 0 Å². The van der Waals surface area contributed by atoms with Crippen LogP contribution in [-0.4, -0.2) is 57.1 Å². The summed E-state index contributed by atoms with van der Waals surface area (Å²) in [6, 6.07) is 7.69. The molecule has 0 aliphatic carbocycles. The highest BCUT2D eigenvalue weighted by molar-refractivity contribution is 5.98. The van der Waals surface area contributed by atoms with Gasteiger partial charge in [0.1, 0.15) is 11.7 Å². The maximum absolute atomic E-state index is 12.9. The first-order valence-corrected chi connectivity index (χ1v) is 11.7. The van der Waals surface area contributed by atoms with Crippen molar-refractivity contribution in [2.24, 2.45) is 5.73 Å². The van der Waals surface area contributed by atoms with Gasteiger partial charge in [0.25, 0.3) is 5.91 Å². The fourth-order valence-electron chi connectivity index (χ4n) is 4.46. The summed E-state index contributed by atoms with van der Waals surface area (Å²) >= 11 is 0. The molecule has 34 heavy (non-hydrogen) atoms. The van der Waals surface area contributed by atoms with E-state index in [0.29, 0.717) is 43.7 Å². The Kier molecular flexibility index (Phi) is 7.00. The number of aromatic nitrogens is 3. The van der Waals surface area contributed by atoms with Gasteiger partial charge in [-0.3, -0.25) is 9.59 Å². The van der Waals surface area contributed by atoms with Crippen molar-refractivity contribution in [3.63, 3.8) is 0 Å². The summed E-state index contributed by atoms with van der Waals surface area (Å²) in [5, 5.41) is 4.25. The number of likely N-dealkylation sites (tertiary alicyclic amines) is 1. The molecule has 0 radical (unpaired) electrons. The second-order valence-electron chi connectivity index (χ2n) is 8.50. The third-order valence-electron chi connectivity index (χ3n) is 6.30. The van der Waals surface area contributed by atoms with Crippen LogP contribution in [0.3, 0.4) is 0 Å². The minimum absolute atomic E-state index is 0.0565. The van der Waals surface area contributed by atoms with Crippen molar-refractivity contribution in [1.29, 1.82) is 0 Å². The van der Waals surface area contributed by atoms with Crippen molar-refractivity contribution in [1.82, 2.24) is 19.5 Å². The highest BCUT2D eigenvalue weighted by Gasteiger charge is 2.25. The number of primary amides is 1. The molecule has 1 aromatic carbocycles. The van der Waals surface area contributed by atoms with Crippen LogP contribution in [-0.2, 0) is 11.2 Å². The lowest BCUT2D eigenvalue weighted by Gasteiger charge is -2.32. The first-order chi connectivity index (χ1) is 16.4. The number of carbonyl (C=O) groups is 2. The van der Waals surface area contributed by atoms with Crippen molar-refractivity contribution in [3.05, 3.63) is 53.0 Å². The molecule has 1 fully saturated rings. The highest BCUT2D eigenvalue weighted by atomic mass is 16.5. The Morgan fingerprint density at radius 1 is 1.15 bits per heavy atom. The Morgan fingerprint density at radius 3 is 2.53 bits per heavy atom. The van der Waals surface area contributed by atoms with Gasteiger partial charge in [0.15, 0.2) is 17.1 Å². The number of fused-ring (bicyclic) bond motifs is 1. The van der Waals surface area contributed by atoms with Gasteiger partial charge in [0, 0.05) is 43.7 Å². The molecule has 2 amide bonds. The van der Waals surface area contributed by atoms with Gasteiger partial charge in [-0.05, 0) is 44.9 Å². The number of ether oxygens (including phenoxy) is 2. The summed E-state index contributed by atoms with van der Waals surface area (Å²) in [7, 11) is 0. The van der Waals surface area contributed by atoms with Crippen LogP contribution < -0.4 is 15.2 Å². The normalized spacial score (nSPS) is 14.4. The Hall–Kier alpha value is -3.62. The van der Waals surface area contributed by atoms with E-state index in [0.717, 1.165) is 41.3 Å². The smallest absolute Gasteiger partial charge is 0.254 e. The fourth-order valence-corrected chi connectivity index (χ4v) is 4.46. The van der Waals surface area contributed by atoms with Gasteiger partial charge in [0.05, 0.1) is 12.8 Å². The van der Waals surface area contributed by atoms with E-state index in [4.69, 9.17) is 15.2 Å². The monoisotopic (exact) mass is 465 g/mol. The van der Waals surface area contributed by atoms with E-state index in [-0.39, 0.29) is 12.0 Å². The van der Waals surface area contributed by atoms with Gasteiger partial charge in [0.2, 0.25) is 5.91 Å². The number of aryl methyl sites for hydroxylation is 2. The SMILES string of the molecule is CCOc1ccccc1OC1CCN(C(=O)CCc2c(C)nc3c(C(N)=O)cnn3c2C)CC1. The molecular weight excluding hydrogens is 434 g/mol. The largest absolute Gasteiger partial charge is 0.490 e. The number of para-hydroxylation sites is 2. The average molecular weight is 466 g/mol. The first kappa shape index (κ1) is 23.5. The van der Waals surface area contributed by atoms with Gasteiger partial charge in [-0.25, -0.2) is 9.50 Å². The molecule has 2 aromatic heterocycles. The van der Waals surface area contributed by atoms with Gasteiger partial charge in [-0.1, -0.05) is 12.1 Å². The Bertz CT molecular complexity index is 1200. The molecule has 3 heterocycles. The van der Waals surface area contributed by atoms with Crippen molar-refractivity contribution in [2.45, 2.75) is 52.6 Å². The van der Waals surface area contributed by atoms with Crippen LogP contribution in [0, 0.1) is 13.8 Å². The van der Waals surface area contributed by atoms with Crippen molar-refractivity contribution in [2.75, 3.05) is 19.7 Å². The quantitative estimate of drug-likeness (QED) is 0.547. The van der Waals surface area contributed by atoms with E-state index < -0.39 is 5.91 Å². The summed E-state index contributed by atoms with van der Waals surface area (Å²) in [6.07, 6.45) is 3.99. The third kappa shape index (κ3) is 4.83. The lowest BCUT2D eigenvalue weighted by molar-refractivity contribution is -0.132. The van der Waals surface area contributed by atoms with E-state index in [2.05, 4.69) is 10.1 Å². The van der Waals surface area contributed by atoms with Crippen molar-refractivity contribution >= 4 is 17.5 Å². The summed E-state index contributed by atoms with van der Waals surface area (Å²) in [4.78, 5) is 31.0. The molecule has 1 aliphatic heterocycles. The Morgan fingerprint density at radius 2 is 1.85 bits per heavy atom. The van der Waals surface area contributed by atoms with Crippen LogP contribution >= 0.6 is 0 Å². The molecule has 3 aromatic rings. The van der Waals surface area contributed by atoms with Crippen LogP contribution in [0.2, 0.25) is 0 Å². The van der Waals surface area contributed by atoms with Gasteiger partial charge in [-0.2, -0.15) is 5.10 Å². The maximum atomic E-state index is 12.9. The molecule has 0 atom stereocenters. The highest BCUT2D eigenvalue weighted by Crippen LogP contribution is 2.29. The number of carbonyl (C=O) groups excluding carboxylic acids is 2. The maximum Gasteiger partial charge on any atom is 0.254 e. The Balaban J connectivity index is 1.34. The zero-order chi connectivity index (χ0) is 24.2. The van der Waals surface area contributed by atoms with Gasteiger partial charge < -0.3 is 20.1 Å². The number of piperidine rings is 1. The second-order valence-corrected chi connectivity index (χ2v) is 8.50. The van der Waals surface area contributed by atoms with Crippen LogP contribution in [0.15, 0.2) is 30.5 Å².